The van der Waals surface area contributed by atoms with E-state index in [-0.39, 0.29) is 0 Å². The van der Waals surface area contributed by atoms with Crippen LogP contribution < -0.4 is 0 Å². The Labute approximate surface area is 180 Å². The van der Waals surface area contributed by atoms with Gasteiger partial charge in [-0.25, -0.2) is 15.0 Å². The highest BCUT2D eigenvalue weighted by Crippen LogP contribution is 2.21. The molecule has 30 heavy (non-hydrogen) atoms. The van der Waals surface area contributed by atoms with E-state index in [4.69, 9.17) is 0 Å². The summed E-state index contributed by atoms with van der Waals surface area (Å²) in [5, 5.41) is 0. The third kappa shape index (κ3) is 7.49. The fourth-order valence-electron chi connectivity index (χ4n) is 2.27. The first kappa shape index (κ1) is 23.9. The molecule has 0 saturated carbocycles. The Bertz CT molecular complexity index is 852. The second-order valence-corrected chi connectivity index (χ2v) is 5.66. The fourth-order valence-corrected chi connectivity index (χ4v) is 2.27. The summed E-state index contributed by atoms with van der Waals surface area (Å²) >= 11 is 0. The smallest absolute Gasteiger partial charge is 0.164 e. The van der Waals surface area contributed by atoms with Gasteiger partial charge in [0, 0.05) is 16.7 Å². The van der Waals surface area contributed by atoms with E-state index >= 15 is 0 Å². The van der Waals surface area contributed by atoms with Crippen molar-refractivity contribution in [3.8, 4) is 0 Å². The van der Waals surface area contributed by atoms with E-state index in [0.717, 1.165) is 16.7 Å². The van der Waals surface area contributed by atoms with Crippen molar-refractivity contribution in [1.82, 2.24) is 15.0 Å². The molecule has 0 aliphatic rings. The van der Waals surface area contributed by atoms with Gasteiger partial charge in [-0.3, -0.25) is 0 Å². The first-order valence-electron chi connectivity index (χ1n) is 9.27. The van der Waals surface area contributed by atoms with E-state index in [1.54, 1.807) is 36.5 Å². The Kier molecular flexibility index (Phi) is 11.1. The topological polar surface area (TPSA) is 38.7 Å². The van der Waals surface area contributed by atoms with Crippen LogP contribution in [-0.4, -0.2) is 15.0 Å². The molecule has 0 fully saturated rings. The quantitative estimate of drug-likeness (QED) is 0.366. The SMILES string of the molecule is C=C/C=C\C(=C/C=C)c1nc(C(/C=C\C=C)=C/C=C)nc(C(/C=C\C=C)=C/C=C)n1. The standard InChI is InChI=1S/C27H27N3/c1-7-13-19-22(16-10-4)25-28-26(23(17-11-5)20-14-8-2)30-27(29-25)24(18-12-6)21-15-9-3/h7-21H,1-6H2/b19-13-,20-14-,21-15-,22-16+,23-17+,24-18+. The maximum Gasteiger partial charge on any atom is 0.164 e. The molecule has 3 nitrogen and oxygen atoms in total. The molecule has 0 aliphatic heterocycles. The lowest BCUT2D eigenvalue weighted by atomic mass is 10.1. The first-order valence-corrected chi connectivity index (χ1v) is 9.27. The van der Waals surface area contributed by atoms with Crippen LogP contribution in [0.4, 0.5) is 0 Å². The predicted molar refractivity (Wildman–Crippen MR) is 132 cm³/mol. The number of hydrogen-bond donors (Lipinski definition) is 0. The van der Waals surface area contributed by atoms with Gasteiger partial charge in [-0.1, -0.05) is 131 Å². The Balaban J connectivity index is 3.89. The second-order valence-electron chi connectivity index (χ2n) is 5.66. The second kappa shape index (κ2) is 14.0. The monoisotopic (exact) mass is 393 g/mol. The van der Waals surface area contributed by atoms with Crippen molar-refractivity contribution in [2.75, 3.05) is 0 Å². The third-order valence-electron chi connectivity index (χ3n) is 3.54. The van der Waals surface area contributed by atoms with Gasteiger partial charge in [-0.05, 0) is 0 Å². The highest BCUT2D eigenvalue weighted by molar-refractivity contribution is 5.78. The van der Waals surface area contributed by atoms with E-state index in [9.17, 15) is 0 Å². The summed E-state index contributed by atoms with van der Waals surface area (Å²) in [6.07, 6.45) is 26.6. The van der Waals surface area contributed by atoms with Gasteiger partial charge in [0.1, 0.15) is 0 Å². The van der Waals surface area contributed by atoms with Gasteiger partial charge >= 0.3 is 0 Å². The van der Waals surface area contributed by atoms with Crippen LogP contribution in [0.5, 0.6) is 0 Å². The van der Waals surface area contributed by atoms with Crippen molar-refractivity contribution < 1.29 is 0 Å². The zero-order valence-corrected chi connectivity index (χ0v) is 17.2. The molecule has 3 heteroatoms. The largest absolute Gasteiger partial charge is 0.208 e. The van der Waals surface area contributed by atoms with Crippen molar-refractivity contribution in [2.45, 2.75) is 0 Å². The first-order chi connectivity index (χ1) is 14.6. The molecule has 0 atom stereocenters. The Hall–Kier alpha value is -4.11. The zero-order valence-electron chi connectivity index (χ0n) is 17.2. The van der Waals surface area contributed by atoms with Crippen molar-refractivity contribution in [1.29, 1.82) is 0 Å². The Morgan fingerprint density at radius 1 is 0.433 bits per heavy atom. The van der Waals surface area contributed by atoms with E-state index in [2.05, 4.69) is 54.4 Å². The average Bonchev–Trinajstić information content (AvgIpc) is 2.76. The summed E-state index contributed by atoms with van der Waals surface area (Å²) in [5.41, 5.74) is 2.31. The number of hydrogen-bond acceptors (Lipinski definition) is 3. The molecule has 0 saturated heterocycles. The maximum absolute atomic E-state index is 4.68. The van der Waals surface area contributed by atoms with Crippen LogP contribution >= 0.6 is 0 Å². The molecule has 1 rings (SSSR count). The lowest BCUT2D eigenvalue weighted by molar-refractivity contribution is 0.971. The van der Waals surface area contributed by atoms with Crippen LogP contribution in [0.2, 0.25) is 0 Å². The van der Waals surface area contributed by atoms with Crippen molar-refractivity contribution in [3.05, 3.63) is 148 Å². The molecule has 0 N–H and O–H groups in total. The highest BCUT2D eigenvalue weighted by atomic mass is 15.0. The molecule has 0 radical (unpaired) electrons. The minimum Gasteiger partial charge on any atom is -0.208 e. The van der Waals surface area contributed by atoms with Gasteiger partial charge in [-0.2, -0.15) is 0 Å². The number of allylic oxidation sites excluding steroid dienone is 18. The van der Waals surface area contributed by atoms with Crippen molar-refractivity contribution >= 4 is 16.7 Å². The Morgan fingerprint density at radius 3 is 0.900 bits per heavy atom. The fraction of sp³-hybridized carbons (Fsp3) is 0. The van der Waals surface area contributed by atoms with Crippen LogP contribution in [0.25, 0.3) is 16.7 Å². The van der Waals surface area contributed by atoms with E-state index in [1.165, 1.54) is 0 Å². The molecule has 0 spiro atoms. The van der Waals surface area contributed by atoms with Crippen LogP contribution in [0.3, 0.4) is 0 Å². The van der Waals surface area contributed by atoms with Crippen LogP contribution in [0, 0.1) is 0 Å². The molecule has 150 valence electrons. The third-order valence-corrected chi connectivity index (χ3v) is 3.54. The summed E-state index contributed by atoms with van der Waals surface area (Å²) in [6.45, 7) is 22.5. The van der Waals surface area contributed by atoms with E-state index in [0.29, 0.717) is 17.5 Å². The molecule has 1 heterocycles. The average molecular weight is 394 g/mol. The summed E-state index contributed by atoms with van der Waals surface area (Å²) in [5.74, 6) is 1.49. The highest BCUT2D eigenvalue weighted by Gasteiger charge is 2.13. The lowest BCUT2D eigenvalue weighted by Gasteiger charge is -2.09. The number of aromatic nitrogens is 3. The summed E-state index contributed by atoms with van der Waals surface area (Å²) in [4.78, 5) is 14.0. The molecular weight excluding hydrogens is 366 g/mol. The van der Waals surface area contributed by atoms with Gasteiger partial charge in [0.25, 0.3) is 0 Å². The van der Waals surface area contributed by atoms with E-state index in [1.807, 2.05) is 54.7 Å². The predicted octanol–water partition coefficient (Wildman–Crippen LogP) is 6.81. The minimum absolute atomic E-state index is 0.497. The zero-order chi connectivity index (χ0) is 22.2. The van der Waals surface area contributed by atoms with Crippen molar-refractivity contribution in [2.24, 2.45) is 0 Å². The molecule has 1 aromatic heterocycles. The molecule has 0 unspecified atom stereocenters. The lowest BCUT2D eigenvalue weighted by Crippen LogP contribution is -2.06. The normalized spacial score (nSPS) is 13.0. The number of nitrogens with zero attached hydrogens (tertiary/aromatic N) is 3. The summed E-state index contributed by atoms with van der Waals surface area (Å²) in [7, 11) is 0. The Morgan fingerprint density at radius 2 is 0.700 bits per heavy atom. The molecule has 1 aromatic rings. The van der Waals surface area contributed by atoms with Gasteiger partial charge in [0.05, 0.1) is 0 Å². The van der Waals surface area contributed by atoms with Gasteiger partial charge in [-0.15, -0.1) is 0 Å². The molecule has 0 bridgehead atoms. The summed E-state index contributed by atoms with van der Waals surface area (Å²) < 4.78 is 0. The van der Waals surface area contributed by atoms with Gasteiger partial charge in [0.15, 0.2) is 17.5 Å². The molecule has 0 aliphatic carbocycles. The summed E-state index contributed by atoms with van der Waals surface area (Å²) in [6, 6.07) is 0. The number of rotatable bonds is 12. The van der Waals surface area contributed by atoms with E-state index < -0.39 is 0 Å². The van der Waals surface area contributed by atoms with Gasteiger partial charge < -0.3 is 0 Å². The van der Waals surface area contributed by atoms with Crippen LogP contribution in [0.15, 0.2) is 131 Å². The molecular formula is C27H27N3. The van der Waals surface area contributed by atoms with Gasteiger partial charge in [0.2, 0.25) is 0 Å². The molecule has 0 amide bonds. The van der Waals surface area contributed by atoms with Crippen LogP contribution in [-0.2, 0) is 0 Å². The van der Waals surface area contributed by atoms with Crippen molar-refractivity contribution in [3.63, 3.8) is 0 Å². The molecule has 0 aromatic carbocycles. The van der Waals surface area contributed by atoms with Crippen LogP contribution in [0.1, 0.15) is 17.5 Å². The minimum atomic E-state index is 0.497. The maximum atomic E-state index is 4.68.